The molecule has 0 radical (unpaired) electrons. The molecule has 0 bridgehead atoms. The zero-order chi connectivity index (χ0) is 14.7. The fraction of sp³-hybridized carbons (Fsp3) is 0.786. The van der Waals surface area contributed by atoms with Gasteiger partial charge < -0.3 is 13.6 Å². The van der Waals surface area contributed by atoms with Crippen molar-refractivity contribution in [3.05, 3.63) is 12.2 Å². The summed E-state index contributed by atoms with van der Waals surface area (Å²) in [6.07, 6.45) is 1.80. The molecule has 0 N–H and O–H groups in total. The van der Waals surface area contributed by atoms with Gasteiger partial charge in [-0.15, -0.1) is 0 Å². The molecule has 0 aliphatic carbocycles. The van der Waals surface area contributed by atoms with Crippen molar-refractivity contribution >= 4 is 14.5 Å². The highest BCUT2D eigenvalue weighted by Crippen LogP contribution is 2.21. The van der Waals surface area contributed by atoms with Crippen LogP contribution in [0.2, 0.25) is 12.1 Å². The molecule has 0 saturated carbocycles. The van der Waals surface area contributed by atoms with E-state index in [-0.39, 0.29) is 5.97 Å². The van der Waals surface area contributed by atoms with Gasteiger partial charge in [0.05, 0.1) is 6.61 Å². The standard InChI is InChI=1S/C14H28O4Si/c1-6-17-19(8-3,18-7-2)12-10-9-11-16-14(15)13(4)5/h4,6-12H2,1-3,5H3. The molecule has 0 aliphatic rings. The molecule has 0 saturated heterocycles. The Labute approximate surface area is 118 Å². The van der Waals surface area contributed by atoms with Crippen molar-refractivity contribution in [2.24, 2.45) is 0 Å². The van der Waals surface area contributed by atoms with Crippen LogP contribution in [-0.4, -0.2) is 34.4 Å². The zero-order valence-corrected chi connectivity index (χ0v) is 13.8. The van der Waals surface area contributed by atoms with Crippen LogP contribution in [0.4, 0.5) is 0 Å². The fourth-order valence-electron chi connectivity index (χ4n) is 1.88. The SMILES string of the molecule is C=C(C)C(=O)OCCCC[Si](CC)(OCC)OCC. The number of carbonyl (C=O) groups is 1. The van der Waals surface area contributed by atoms with E-state index in [0.29, 0.717) is 25.4 Å². The lowest BCUT2D eigenvalue weighted by Crippen LogP contribution is -2.41. The second-order valence-electron chi connectivity index (χ2n) is 4.50. The van der Waals surface area contributed by atoms with Gasteiger partial charge in [-0.05, 0) is 45.7 Å². The maximum absolute atomic E-state index is 11.2. The average molecular weight is 288 g/mol. The lowest BCUT2D eigenvalue weighted by molar-refractivity contribution is -0.139. The van der Waals surface area contributed by atoms with Crippen LogP contribution in [0, 0.1) is 0 Å². The van der Waals surface area contributed by atoms with Crippen molar-refractivity contribution in [1.82, 2.24) is 0 Å². The highest BCUT2D eigenvalue weighted by atomic mass is 28.4. The van der Waals surface area contributed by atoms with Crippen LogP contribution in [-0.2, 0) is 18.4 Å². The molecule has 0 aromatic heterocycles. The smallest absolute Gasteiger partial charge is 0.337 e. The summed E-state index contributed by atoms with van der Waals surface area (Å²) in [6.45, 7) is 13.2. The summed E-state index contributed by atoms with van der Waals surface area (Å²) in [5.74, 6) is -0.311. The molecular weight excluding hydrogens is 260 g/mol. The molecular formula is C14H28O4Si. The van der Waals surface area contributed by atoms with Gasteiger partial charge in [0.15, 0.2) is 0 Å². The van der Waals surface area contributed by atoms with Gasteiger partial charge >= 0.3 is 14.5 Å². The van der Waals surface area contributed by atoms with Crippen LogP contribution in [0.5, 0.6) is 0 Å². The molecule has 0 atom stereocenters. The Hall–Kier alpha value is -0.653. The van der Waals surface area contributed by atoms with Gasteiger partial charge in [-0.25, -0.2) is 4.79 Å². The first-order valence-electron chi connectivity index (χ1n) is 7.11. The van der Waals surface area contributed by atoms with Crippen molar-refractivity contribution in [2.75, 3.05) is 19.8 Å². The molecule has 19 heavy (non-hydrogen) atoms. The first-order valence-corrected chi connectivity index (χ1v) is 9.35. The number of carbonyl (C=O) groups excluding carboxylic acids is 1. The Bertz CT molecular complexity index is 273. The molecule has 0 aliphatic heterocycles. The van der Waals surface area contributed by atoms with Crippen LogP contribution in [0.3, 0.4) is 0 Å². The third-order valence-corrected chi connectivity index (χ3v) is 6.71. The van der Waals surface area contributed by atoms with Crippen LogP contribution in [0.15, 0.2) is 12.2 Å². The zero-order valence-electron chi connectivity index (χ0n) is 12.8. The van der Waals surface area contributed by atoms with E-state index < -0.39 is 8.56 Å². The van der Waals surface area contributed by atoms with Crippen molar-refractivity contribution in [2.45, 2.75) is 52.6 Å². The minimum atomic E-state index is -2.03. The largest absolute Gasteiger partial charge is 0.462 e. The third kappa shape index (κ3) is 7.50. The average Bonchev–Trinajstić information content (AvgIpc) is 2.38. The molecule has 0 amide bonds. The van der Waals surface area contributed by atoms with Gasteiger partial charge in [-0.1, -0.05) is 13.5 Å². The summed E-state index contributed by atoms with van der Waals surface area (Å²) >= 11 is 0. The van der Waals surface area contributed by atoms with Gasteiger partial charge in [0, 0.05) is 18.8 Å². The molecule has 0 unspecified atom stereocenters. The number of hydrogen-bond acceptors (Lipinski definition) is 4. The van der Waals surface area contributed by atoms with E-state index in [0.717, 1.165) is 24.9 Å². The molecule has 0 rings (SSSR count). The van der Waals surface area contributed by atoms with Gasteiger partial charge in [0.25, 0.3) is 0 Å². The first-order chi connectivity index (χ1) is 9.01. The quantitative estimate of drug-likeness (QED) is 0.253. The molecule has 4 nitrogen and oxygen atoms in total. The molecule has 5 heteroatoms. The van der Waals surface area contributed by atoms with Gasteiger partial charge in [0.1, 0.15) is 0 Å². The minimum Gasteiger partial charge on any atom is -0.462 e. The van der Waals surface area contributed by atoms with Gasteiger partial charge in [0.2, 0.25) is 0 Å². The van der Waals surface area contributed by atoms with E-state index in [1.54, 1.807) is 6.92 Å². The topological polar surface area (TPSA) is 44.8 Å². The van der Waals surface area contributed by atoms with Crippen LogP contribution in [0.25, 0.3) is 0 Å². The summed E-state index contributed by atoms with van der Waals surface area (Å²) in [4.78, 5) is 11.2. The number of esters is 1. The van der Waals surface area contributed by atoms with E-state index >= 15 is 0 Å². The van der Waals surface area contributed by atoms with Gasteiger partial charge in [-0.2, -0.15) is 0 Å². The van der Waals surface area contributed by atoms with E-state index in [4.69, 9.17) is 13.6 Å². The summed E-state index contributed by atoms with van der Waals surface area (Å²) < 4.78 is 16.8. The van der Waals surface area contributed by atoms with Crippen molar-refractivity contribution in [3.8, 4) is 0 Å². The highest BCUT2D eigenvalue weighted by molar-refractivity contribution is 6.67. The minimum absolute atomic E-state index is 0.311. The van der Waals surface area contributed by atoms with Crippen LogP contribution >= 0.6 is 0 Å². The second kappa shape index (κ2) is 10.2. The lowest BCUT2D eigenvalue weighted by atomic mass is 10.3. The van der Waals surface area contributed by atoms with Crippen LogP contribution in [0.1, 0.15) is 40.5 Å². The van der Waals surface area contributed by atoms with Crippen molar-refractivity contribution in [3.63, 3.8) is 0 Å². The third-order valence-electron chi connectivity index (χ3n) is 2.89. The van der Waals surface area contributed by atoms with Crippen molar-refractivity contribution < 1.29 is 18.4 Å². The van der Waals surface area contributed by atoms with Gasteiger partial charge in [-0.3, -0.25) is 0 Å². The summed E-state index contributed by atoms with van der Waals surface area (Å²) in [6, 6.07) is 1.91. The summed E-state index contributed by atoms with van der Waals surface area (Å²) in [5, 5.41) is 0. The second-order valence-corrected chi connectivity index (χ2v) is 8.11. The Morgan fingerprint density at radius 1 is 1.11 bits per heavy atom. The Kier molecular flexibility index (Phi) is 9.82. The number of unbranched alkanes of at least 4 members (excludes halogenated alkanes) is 1. The van der Waals surface area contributed by atoms with E-state index in [1.165, 1.54) is 0 Å². The molecule has 0 aromatic carbocycles. The predicted molar refractivity (Wildman–Crippen MR) is 79.3 cm³/mol. The fourth-order valence-corrected chi connectivity index (χ4v) is 4.85. The van der Waals surface area contributed by atoms with E-state index in [1.807, 2.05) is 13.8 Å². The molecule has 0 fully saturated rings. The summed E-state index contributed by atoms with van der Waals surface area (Å²) in [7, 11) is -2.03. The van der Waals surface area contributed by atoms with Crippen LogP contribution < -0.4 is 0 Å². The molecule has 112 valence electrons. The normalized spacial score (nSPS) is 11.4. The Balaban J connectivity index is 3.99. The number of rotatable bonds is 11. The number of ether oxygens (including phenoxy) is 1. The summed E-state index contributed by atoms with van der Waals surface area (Å²) in [5.41, 5.74) is 0.445. The monoisotopic (exact) mass is 288 g/mol. The van der Waals surface area contributed by atoms with E-state index in [9.17, 15) is 4.79 Å². The number of hydrogen-bond donors (Lipinski definition) is 0. The predicted octanol–water partition coefficient (Wildman–Crippen LogP) is 3.42. The first kappa shape index (κ1) is 18.3. The lowest BCUT2D eigenvalue weighted by Gasteiger charge is -2.28. The molecule has 0 spiro atoms. The maximum atomic E-state index is 11.2. The Morgan fingerprint density at radius 3 is 2.11 bits per heavy atom. The Morgan fingerprint density at radius 2 is 1.68 bits per heavy atom. The van der Waals surface area contributed by atoms with Crippen molar-refractivity contribution in [1.29, 1.82) is 0 Å². The van der Waals surface area contributed by atoms with E-state index in [2.05, 4.69) is 13.5 Å². The highest BCUT2D eigenvalue weighted by Gasteiger charge is 2.34. The maximum Gasteiger partial charge on any atom is 0.337 e. The molecule has 0 heterocycles. The molecule has 0 aromatic rings.